The van der Waals surface area contributed by atoms with Gasteiger partial charge in [-0.2, -0.15) is 0 Å². The Morgan fingerprint density at radius 1 is 1.06 bits per heavy atom. The predicted molar refractivity (Wildman–Crippen MR) is 118 cm³/mol. The van der Waals surface area contributed by atoms with Gasteiger partial charge in [-0.3, -0.25) is 4.40 Å². The first kappa shape index (κ1) is 19.4. The highest BCUT2D eigenvalue weighted by Crippen LogP contribution is 2.32. The van der Waals surface area contributed by atoms with Gasteiger partial charge in [0, 0.05) is 36.3 Å². The van der Waals surface area contributed by atoms with Crippen molar-refractivity contribution in [1.82, 2.24) is 35.0 Å². The molecule has 3 aromatic heterocycles. The molecule has 0 saturated carbocycles. The van der Waals surface area contributed by atoms with Crippen molar-refractivity contribution in [2.75, 3.05) is 11.9 Å². The van der Waals surface area contributed by atoms with Gasteiger partial charge in [0.15, 0.2) is 11.5 Å². The summed E-state index contributed by atoms with van der Waals surface area (Å²) in [6.45, 7) is 1.85. The van der Waals surface area contributed by atoms with Crippen LogP contribution in [0.15, 0.2) is 60.8 Å². The van der Waals surface area contributed by atoms with Crippen LogP contribution >= 0.6 is 0 Å². The van der Waals surface area contributed by atoms with Crippen molar-refractivity contribution in [1.29, 1.82) is 0 Å². The molecule has 0 bridgehead atoms. The molecule has 0 aliphatic rings. The van der Waals surface area contributed by atoms with Crippen molar-refractivity contribution in [2.24, 2.45) is 0 Å². The normalized spacial score (nSPS) is 11.1. The van der Waals surface area contributed by atoms with Gasteiger partial charge in [0.05, 0.1) is 0 Å². The number of rotatable bonds is 5. The van der Waals surface area contributed by atoms with Crippen molar-refractivity contribution in [3.05, 3.63) is 72.2 Å². The number of aromatic amines is 1. The molecule has 0 aliphatic heterocycles. The summed E-state index contributed by atoms with van der Waals surface area (Å²) in [7, 11) is 1.91. The fourth-order valence-corrected chi connectivity index (χ4v) is 3.64. The maximum absolute atomic E-state index is 11.4. The molecular formula is C22H18N8O2. The zero-order valence-corrected chi connectivity index (χ0v) is 17.3. The van der Waals surface area contributed by atoms with Crippen LogP contribution in [0.4, 0.5) is 11.5 Å². The van der Waals surface area contributed by atoms with Crippen molar-refractivity contribution in [3.8, 4) is 22.5 Å². The van der Waals surface area contributed by atoms with Crippen LogP contribution in [0.1, 0.15) is 16.2 Å². The summed E-state index contributed by atoms with van der Waals surface area (Å²) in [5.74, 6) is 0.612. The molecule has 0 saturated heterocycles. The predicted octanol–water partition coefficient (Wildman–Crippen LogP) is 3.35. The van der Waals surface area contributed by atoms with Gasteiger partial charge in [0.2, 0.25) is 5.78 Å². The smallest absolute Gasteiger partial charge is 0.356 e. The Hall–Kier alpha value is -4.60. The van der Waals surface area contributed by atoms with Gasteiger partial charge < -0.3 is 10.0 Å². The second kappa shape index (κ2) is 7.58. The quantitative estimate of drug-likeness (QED) is 0.438. The second-order valence-electron chi connectivity index (χ2n) is 7.26. The molecule has 0 aliphatic carbocycles. The third kappa shape index (κ3) is 3.33. The van der Waals surface area contributed by atoms with Gasteiger partial charge in [-0.05, 0) is 40.6 Å². The number of nitrogens with one attached hydrogen (secondary N) is 1. The van der Waals surface area contributed by atoms with Gasteiger partial charge in [-0.15, -0.1) is 5.10 Å². The summed E-state index contributed by atoms with van der Waals surface area (Å²) in [6, 6.07) is 17.8. The Balaban J connectivity index is 1.53. The number of carboxylic acids is 1. The van der Waals surface area contributed by atoms with Crippen molar-refractivity contribution >= 4 is 23.3 Å². The van der Waals surface area contributed by atoms with E-state index in [0.717, 1.165) is 33.9 Å². The Bertz CT molecular complexity index is 1420. The number of nitrogens with zero attached hydrogens (tertiary/aromatic N) is 7. The summed E-state index contributed by atoms with van der Waals surface area (Å²) < 4.78 is 1.68. The number of imidazole rings is 1. The van der Waals surface area contributed by atoms with Gasteiger partial charge in [0.1, 0.15) is 5.82 Å². The number of H-pyrrole nitrogens is 1. The van der Waals surface area contributed by atoms with E-state index < -0.39 is 5.97 Å². The number of aryl methyl sites for hydroxylation is 1. The zero-order chi connectivity index (χ0) is 22.2. The summed E-state index contributed by atoms with van der Waals surface area (Å²) in [5.41, 5.74) is 4.54. The molecular weight excluding hydrogens is 408 g/mol. The minimum Gasteiger partial charge on any atom is -0.476 e. The van der Waals surface area contributed by atoms with Crippen LogP contribution in [0.25, 0.3) is 28.3 Å². The van der Waals surface area contributed by atoms with E-state index >= 15 is 0 Å². The fourth-order valence-electron chi connectivity index (χ4n) is 3.64. The average Bonchev–Trinajstić information content (AvgIpc) is 3.48. The van der Waals surface area contributed by atoms with E-state index in [1.165, 1.54) is 6.20 Å². The first-order chi connectivity index (χ1) is 15.5. The topological polar surface area (TPSA) is 125 Å². The molecule has 158 valence electrons. The molecule has 10 nitrogen and oxygen atoms in total. The molecule has 0 spiro atoms. The lowest BCUT2D eigenvalue weighted by Gasteiger charge is -2.21. The summed E-state index contributed by atoms with van der Waals surface area (Å²) in [6.07, 6.45) is 1.48. The number of aromatic carboxylic acids is 1. The first-order valence-electron chi connectivity index (χ1n) is 9.78. The molecule has 2 N–H and O–H groups in total. The zero-order valence-electron chi connectivity index (χ0n) is 17.3. The number of carboxylic acid groups (broad SMARTS) is 1. The third-order valence-electron chi connectivity index (χ3n) is 5.20. The number of anilines is 2. The number of hydrogen-bond donors (Lipinski definition) is 2. The molecule has 5 rings (SSSR count). The number of aromatic nitrogens is 7. The Kier molecular flexibility index (Phi) is 4.59. The van der Waals surface area contributed by atoms with E-state index in [2.05, 4.69) is 30.6 Å². The summed E-state index contributed by atoms with van der Waals surface area (Å²) in [4.78, 5) is 21.8. The molecule has 0 fully saturated rings. The molecule has 0 radical (unpaired) electrons. The standard InChI is InChI=1S/C22H18N8O2/c1-13-11-19(30-12-18(21(31)32)24-22(30)23-13)29(2)15-9-7-14(8-10-15)16-5-3-4-6-17(16)20-25-27-28-26-20/h3-12H,1-2H3,(H,31,32)(H,25,26,27,28). The Morgan fingerprint density at radius 2 is 1.81 bits per heavy atom. The number of carbonyl (C=O) groups is 1. The SMILES string of the molecule is Cc1cc(N(C)c2ccc(-c3ccccc3-c3nnn[nH]3)cc2)n2cc(C(=O)O)nc2n1. The minimum absolute atomic E-state index is 0.0494. The highest BCUT2D eigenvalue weighted by molar-refractivity contribution is 5.86. The maximum Gasteiger partial charge on any atom is 0.356 e. The van der Waals surface area contributed by atoms with Crippen LogP contribution in [-0.4, -0.2) is 53.1 Å². The molecule has 3 heterocycles. The molecule has 10 heteroatoms. The van der Waals surface area contributed by atoms with Crippen LogP contribution < -0.4 is 4.90 Å². The van der Waals surface area contributed by atoms with Crippen molar-refractivity contribution < 1.29 is 9.90 Å². The lowest BCUT2D eigenvalue weighted by molar-refractivity contribution is 0.0691. The number of tetrazole rings is 1. The lowest BCUT2D eigenvalue weighted by Crippen LogP contribution is -2.14. The second-order valence-corrected chi connectivity index (χ2v) is 7.26. The number of benzene rings is 2. The van der Waals surface area contributed by atoms with Crippen molar-refractivity contribution in [3.63, 3.8) is 0 Å². The van der Waals surface area contributed by atoms with Gasteiger partial charge in [-0.1, -0.05) is 36.4 Å². The molecule has 0 amide bonds. The van der Waals surface area contributed by atoms with Crippen LogP contribution in [-0.2, 0) is 0 Å². The maximum atomic E-state index is 11.4. The highest BCUT2D eigenvalue weighted by atomic mass is 16.4. The molecule has 5 aromatic rings. The number of fused-ring (bicyclic) bond motifs is 1. The highest BCUT2D eigenvalue weighted by Gasteiger charge is 2.16. The van der Waals surface area contributed by atoms with Crippen LogP contribution in [0.2, 0.25) is 0 Å². The van der Waals surface area contributed by atoms with Gasteiger partial charge in [0.25, 0.3) is 0 Å². The van der Waals surface area contributed by atoms with Crippen LogP contribution in [0, 0.1) is 6.92 Å². The monoisotopic (exact) mass is 426 g/mol. The Morgan fingerprint density at radius 3 is 2.50 bits per heavy atom. The fraction of sp³-hybridized carbons (Fsp3) is 0.0909. The summed E-state index contributed by atoms with van der Waals surface area (Å²) in [5, 5.41) is 23.5. The lowest BCUT2D eigenvalue weighted by atomic mass is 9.99. The van der Waals surface area contributed by atoms with E-state index in [1.54, 1.807) is 4.40 Å². The van der Waals surface area contributed by atoms with Gasteiger partial charge >= 0.3 is 5.97 Å². The molecule has 0 unspecified atom stereocenters. The third-order valence-corrected chi connectivity index (χ3v) is 5.20. The number of hydrogen-bond acceptors (Lipinski definition) is 7. The molecule has 2 aromatic carbocycles. The van der Waals surface area contributed by atoms with Crippen molar-refractivity contribution in [2.45, 2.75) is 6.92 Å². The summed E-state index contributed by atoms with van der Waals surface area (Å²) >= 11 is 0. The van der Waals surface area contributed by atoms with Crippen LogP contribution in [0.3, 0.4) is 0 Å². The molecule has 32 heavy (non-hydrogen) atoms. The Labute approximate surface area is 182 Å². The van der Waals surface area contributed by atoms with E-state index in [0.29, 0.717) is 11.6 Å². The van der Waals surface area contributed by atoms with E-state index in [4.69, 9.17) is 0 Å². The van der Waals surface area contributed by atoms with Crippen LogP contribution in [0.5, 0.6) is 0 Å². The largest absolute Gasteiger partial charge is 0.476 e. The molecule has 0 atom stereocenters. The van der Waals surface area contributed by atoms with E-state index in [9.17, 15) is 9.90 Å². The van der Waals surface area contributed by atoms with E-state index in [1.807, 2.05) is 73.5 Å². The van der Waals surface area contributed by atoms with E-state index in [-0.39, 0.29) is 5.69 Å². The average molecular weight is 426 g/mol. The minimum atomic E-state index is -1.09. The first-order valence-corrected chi connectivity index (χ1v) is 9.78. The van der Waals surface area contributed by atoms with Gasteiger partial charge in [-0.25, -0.2) is 19.9 Å².